The fourth-order valence-electron chi connectivity index (χ4n) is 3.25. The fourth-order valence-corrected chi connectivity index (χ4v) is 3.25. The maximum atomic E-state index is 13.2. The lowest BCUT2D eigenvalue weighted by Gasteiger charge is -2.32. The van der Waals surface area contributed by atoms with E-state index in [9.17, 15) is 9.50 Å². The number of hydrogen-bond donors (Lipinski definition) is 1. The summed E-state index contributed by atoms with van der Waals surface area (Å²) in [5.74, 6) is 0.793. The Kier molecular flexibility index (Phi) is 4.76. The van der Waals surface area contributed by atoms with Crippen LogP contribution in [0.1, 0.15) is 57.1 Å². The van der Waals surface area contributed by atoms with Crippen molar-refractivity contribution in [2.75, 3.05) is 0 Å². The molecule has 100 valence electrons. The van der Waals surface area contributed by atoms with Crippen LogP contribution in [0.15, 0.2) is 24.3 Å². The van der Waals surface area contributed by atoms with Crippen molar-refractivity contribution in [2.45, 2.75) is 51.6 Å². The lowest BCUT2D eigenvalue weighted by atomic mass is 9.76. The molecule has 0 aliphatic heterocycles. The van der Waals surface area contributed by atoms with Gasteiger partial charge in [0.25, 0.3) is 0 Å². The number of benzene rings is 1. The highest BCUT2D eigenvalue weighted by Crippen LogP contribution is 2.38. The zero-order valence-corrected chi connectivity index (χ0v) is 11.1. The van der Waals surface area contributed by atoms with E-state index >= 15 is 0 Å². The van der Waals surface area contributed by atoms with Gasteiger partial charge in [0, 0.05) is 0 Å². The molecule has 2 rings (SSSR count). The normalized spacial score (nSPS) is 25.9. The van der Waals surface area contributed by atoms with E-state index in [1.807, 2.05) is 6.07 Å². The Morgan fingerprint density at radius 3 is 2.94 bits per heavy atom. The van der Waals surface area contributed by atoms with E-state index in [1.165, 1.54) is 37.8 Å². The molecule has 0 heterocycles. The molecular weight excluding hydrogens is 227 g/mol. The highest BCUT2D eigenvalue weighted by Gasteiger charge is 2.27. The molecule has 18 heavy (non-hydrogen) atoms. The van der Waals surface area contributed by atoms with Crippen LogP contribution in [0, 0.1) is 17.7 Å². The van der Waals surface area contributed by atoms with Gasteiger partial charge in [-0.2, -0.15) is 0 Å². The third-order valence-corrected chi connectivity index (χ3v) is 4.16. The summed E-state index contributed by atoms with van der Waals surface area (Å²) in [6.45, 7) is 2.21. The second-order valence-electron chi connectivity index (χ2n) is 5.58. The summed E-state index contributed by atoms with van der Waals surface area (Å²) in [4.78, 5) is 0. The quantitative estimate of drug-likeness (QED) is 0.836. The Labute approximate surface area is 109 Å². The van der Waals surface area contributed by atoms with Crippen LogP contribution in [0.2, 0.25) is 0 Å². The molecule has 2 heteroatoms. The summed E-state index contributed by atoms with van der Waals surface area (Å²) in [6.07, 6.45) is 6.62. The van der Waals surface area contributed by atoms with Crippen LogP contribution in [0.25, 0.3) is 0 Å². The predicted octanol–water partition coefficient (Wildman–Crippen LogP) is 4.47. The van der Waals surface area contributed by atoms with Gasteiger partial charge in [-0.25, -0.2) is 4.39 Å². The van der Waals surface area contributed by atoms with Gasteiger partial charge in [-0.05, 0) is 42.4 Å². The second-order valence-corrected chi connectivity index (χ2v) is 5.58. The molecule has 1 aliphatic rings. The van der Waals surface area contributed by atoms with Crippen molar-refractivity contribution >= 4 is 0 Å². The summed E-state index contributed by atoms with van der Waals surface area (Å²) < 4.78 is 13.2. The molecular formula is C16H23FO. The molecule has 1 nitrogen and oxygen atoms in total. The topological polar surface area (TPSA) is 20.2 Å². The molecule has 0 saturated heterocycles. The average molecular weight is 250 g/mol. The van der Waals surface area contributed by atoms with Crippen molar-refractivity contribution in [3.63, 3.8) is 0 Å². The van der Waals surface area contributed by atoms with Crippen LogP contribution in [0.3, 0.4) is 0 Å². The lowest BCUT2D eigenvalue weighted by Crippen LogP contribution is -2.21. The Bertz CT molecular complexity index is 375. The molecule has 1 aromatic rings. The van der Waals surface area contributed by atoms with E-state index in [-0.39, 0.29) is 5.82 Å². The number of hydrogen-bond acceptors (Lipinski definition) is 1. The van der Waals surface area contributed by atoms with Gasteiger partial charge < -0.3 is 5.11 Å². The molecule has 0 spiro atoms. The summed E-state index contributed by atoms with van der Waals surface area (Å²) in [5, 5.41) is 10.4. The van der Waals surface area contributed by atoms with Crippen LogP contribution in [0.5, 0.6) is 0 Å². The smallest absolute Gasteiger partial charge is 0.123 e. The van der Waals surface area contributed by atoms with Crippen LogP contribution in [-0.4, -0.2) is 5.11 Å². The Hall–Kier alpha value is -0.890. The number of halogens is 1. The van der Waals surface area contributed by atoms with Crippen LogP contribution >= 0.6 is 0 Å². The third kappa shape index (κ3) is 3.32. The number of aliphatic hydroxyl groups excluding tert-OH is 1. The first-order valence-corrected chi connectivity index (χ1v) is 7.14. The van der Waals surface area contributed by atoms with Gasteiger partial charge in [-0.15, -0.1) is 0 Å². The predicted molar refractivity (Wildman–Crippen MR) is 71.7 cm³/mol. The van der Waals surface area contributed by atoms with Crippen molar-refractivity contribution in [1.29, 1.82) is 0 Å². The van der Waals surface area contributed by atoms with Gasteiger partial charge in [-0.3, -0.25) is 0 Å². The van der Waals surface area contributed by atoms with E-state index in [4.69, 9.17) is 0 Å². The van der Waals surface area contributed by atoms with Crippen molar-refractivity contribution < 1.29 is 9.50 Å². The largest absolute Gasteiger partial charge is 0.388 e. The molecule has 1 aliphatic carbocycles. The van der Waals surface area contributed by atoms with E-state index < -0.39 is 6.10 Å². The molecule has 3 atom stereocenters. The van der Waals surface area contributed by atoms with Crippen molar-refractivity contribution in [2.24, 2.45) is 11.8 Å². The molecule has 1 N–H and O–H groups in total. The van der Waals surface area contributed by atoms with Gasteiger partial charge >= 0.3 is 0 Å². The van der Waals surface area contributed by atoms with Crippen molar-refractivity contribution in [3.8, 4) is 0 Å². The Morgan fingerprint density at radius 1 is 1.39 bits per heavy atom. The summed E-state index contributed by atoms with van der Waals surface area (Å²) in [7, 11) is 0. The Balaban J connectivity index is 2.02. The van der Waals surface area contributed by atoms with Crippen LogP contribution < -0.4 is 0 Å². The minimum atomic E-state index is -0.500. The van der Waals surface area contributed by atoms with Crippen molar-refractivity contribution in [1.82, 2.24) is 0 Å². The highest BCUT2D eigenvalue weighted by molar-refractivity contribution is 5.19. The molecule has 0 aromatic heterocycles. The number of aliphatic hydroxyl groups is 1. The summed E-state index contributed by atoms with van der Waals surface area (Å²) in [5.41, 5.74) is 0.733. The van der Waals surface area contributed by atoms with Crippen LogP contribution in [-0.2, 0) is 0 Å². The third-order valence-electron chi connectivity index (χ3n) is 4.16. The molecule has 0 bridgehead atoms. The maximum absolute atomic E-state index is 13.2. The van der Waals surface area contributed by atoms with Gasteiger partial charge in [0.05, 0.1) is 6.10 Å². The number of rotatable bonds is 4. The summed E-state index contributed by atoms with van der Waals surface area (Å²) >= 11 is 0. The minimum absolute atomic E-state index is 0.257. The van der Waals surface area contributed by atoms with Crippen LogP contribution in [0.4, 0.5) is 4.39 Å². The molecule has 1 saturated carbocycles. The van der Waals surface area contributed by atoms with E-state index in [0.717, 1.165) is 24.3 Å². The SMILES string of the molecule is CCC[C@H]1CCC[C@H]([C@H](O)c2cccc(F)c2)C1. The zero-order valence-electron chi connectivity index (χ0n) is 11.1. The first kappa shape index (κ1) is 13.5. The lowest BCUT2D eigenvalue weighted by molar-refractivity contribution is 0.0665. The molecule has 0 radical (unpaired) electrons. The monoisotopic (exact) mass is 250 g/mol. The molecule has 0 unspecified atom stereocenters. The Morgan fingerprint density at radius 2 is 2.22 bits per heavy atom. The summed E-state index contributed by atoms with van der Waals surface area (Å²) in [6, 6.07) is 6.41. The van der Waals surface area contributed by atoms with E-state index in [2.05, 4.69) is 6.92 Å². The minimum Gasteiger partial charge on any atom is -0.388 e. The van der Waals surface area contributed by atoms with Gasteiger partial charge in [0.2, 0.25) is 0 Å². The first-order chi connectivity index (χ1) is 8.70. The highest BCUT2D eigenvalue weighted by atomic mass is 19.1. The fraction of sp³-hybridized carbons (Fsp3) is 0.625. The van der Waals surface area contributed by atoms with Gasteiger partial charge in [0.1, 0.15) is 5.82 Å². The zero-order chi connectivity index (χ0) is 13.0. The van der Waals surface area contributed by atoms with Crippen molar-refractivity contribution in [3.05, 3.63) is 35.6 Å². The van der Waals surface area contributed by atoms with E-state index in [0.29, 0.717) is 5.92 Å². The molecule has 1 aromatic carbocycles. The molecule has 0 amide bonds. The van der Waals surface area contributed by atoms with Gasteiger partial charge in [-0.1, -0.05) is 44.7 Å². The molecule has 1 fully saturated rings. The first-order valence-electron chi connectivity index (χ1n) is 7.14. The maximum Gasteiger partial charge on any atom is 0.123 e. The average Bonchev–Trinajstić information content (AvgIpc) is 2.39. The standard InChI is InChI=1S/C16H23FO/c1-2-5-12-6-3-7-13(10-12)16(18)14-8-4-9-15(17)11-14/h4,8-9,11-13,16,18H,2-3,5-7,10H2,1H3/t12-,13-,16-/m0/s1. The van der Waals surface area contributed by atoms with Gasteiger partial charge in [0.15, 0.2) is 0 Å². The second kappa shape index (κ2) is 6.33. The van der Waals surface area contributed by atoms with E-state index in [1.54, 1.807) is 6.07 Å².